The molecule has 0 saturated carbocycles. The normalized spacial score (nSPS) is 23.1. The van der Waals surface area contributed by atoms with E-state index in [1.807, 2.05) is 6.07 Å². The van der Waals surface area contributed by atoms with E-state index in [0.717, 1.165) is 18.8 Å². The summed E-state index contributed by atoms with van der Waals surface area (Å²) in [6.07, 6.45) is 5.30. The van der Waals surface area contributed by atoms with Crippen LogP contribution in [0.4, 0.5) is 11.5 Å². The Morgan fingerprint density at radius 3 is 2.45 bits per heavy atom. The summed E-state index contributed by atoms with van der Waals surface area (Å²) in [7, 11) is -3.70. The molecule has 3 heterocycles. The Labute approximate surface area is 130 Å². The van der Waals surface area contributed by atoms with E-state index in [0.29, 0.717) is 5.82 Å². The van der Waals surface area contributed by atoms with Gasteiger partial charge >= 0.3 is 0 Å². The molecule has 0 spiro atoms. The molecule has 1 aromatic heterocycles. The number of aromatic nitrogens is 1. The van der Waals surface area contributed by atoms with Crippen LogP contribution < -0.4 is 14.9 Å². The molecule has 3 rings (SSSR count). The fourth-order valence-corrected chi connectivity index (χ4v) is 3.73. The number of nitrogens with zero attached hydrogens (tertiary/aromatic N) is 3. The number of hydrogen-bond acceptors (Lipinski definition) is 5. The van der Waals surface area contributed by atoms with Crippen molar-refractivity contribution >= 4 is 27.4 Å². The summed E-state index contributed by atoms with van der Waals surface area (Å²) in [6.45, 7) is 2.13. The molecule has 8 heteroatoms. The van der Waals surface area contributed by atoms with Gasteiger partial charge in [0.1, 0.15) is 11.1 Å². The molecular formula is C14H20N4O3S. The predicted octanol–water partition coefficient (Wildman–Crippen LogP) is 0.466. The Morgan fingerprint density at radius 1 is 1.18 bits per heavy atom. The number of amides is 1. The quantitative estimate of drug-likeness (QED) is 0.871. The summed E-state index contributed by atoms with van der Waals surface area (Å²) in [5.74, 6) is 0.231. The zero-order valence-electron chi connectivity index (χ0n) is 12.3. The van der Waals surface area contributed by atoms with Crippen LogP contribution in [-0.2, 0) is 14.8 Å². The minimum Gasteiger partial charge on any atom is -0.370 e. The molecule has 2 N–H and O–H groups in total. The first-order valence-electron chi connectivity index (χ1n) is 7.48. The van der Waals surface area contributed by atoms with Gasteiger partial charge in [-0.3, -0.25) is 9.69 Å². The van der Waals surface area contributed by atoms with E-state index in [1.54, 1.807) is 12.3 Å². The number of primary sulfonamides is 1. The molecule has 2 aliphatic rings. The first-order chi connectivity index (χ1) is 10.4. The van der Waals surface area contributed by atoms with Gasteiger partial charge in [-0.05, 0) is 31.4 Å². The van der Waals surface area contributed by atoms with Crippen LogP contribution in [0.2, 0.25) is 0 Å². The van der Waals surface area contributed by atoms with E-state index >= 15 is 0 Å². The van der Waals surface area contributed by atoms with E-state index < -0.39 is 15.3 Å². The fraction of sp³-hybridized carbons (Fsp3) is 0.571. The highest BCUT2D eigenvalue weighted by Crippen LogP contribution is 2.25. The van der Waals surface area contributed by atoms with Crippen molar-refractivity contribution in [2.75, 3.05) is 29.4 Å². The SMILES string of the molecule is NS(=O)(=O)C1CC(=O)N(c2ccc(N3CCCCC3)cn2)C1. The van der Waals surface area contributed by atoms with E-state index in [4.69, 9.17) is 5.14 Å². The summed E-state index contributed by atoms with van der Waals surface area (Å²) in [4.78, 5) is 20.0. The topological polar surface area (TPSA) is 96.6 Å². The van der Waals surface area contributed by atoms with E-state index in [9.17, 15) is 13.2 Å². The molecule has 0 aliphatic carbocycles. The minimum atomic E-state index is -3.70. The van der Waals surface area contributed by atoms with Crippen molar-refractivity contribution in [1.29, 1.82) is 0 Å². The molecule has 22 heavy (non-hydrogen) atoms. The molecular weight excluding hydrogens is 304 g/mol. The number of carbonyl (C=O) groups is 1. The maximum atomic E-state index is 12.0. The number of nitrogens with two attached hydrogens (primary N) is 1. The molecule has 0 radical (unpaired) electrons. The van der Waals surface area contributed by atoms with Gasteiger partial charge < -0.3 is 4.90 Å². The molecule has 2 aliphatic heterocycles. The third kappa shape index (κ3) is 3.07. The van der Waals surface area contributed by atoms with E-state index in [1.165, 1.54) is 24.2 Å². The van der Waals surface area contributed by atoms with Crippen LogP contribution in [0.5, 0.6) is 0 Å². The fourth-order valence-electron chi connectivity index (χ4n) is 2.99. The van der Waals surface area contributed by atoms with Crippen LogP contribution in [0, 0.1) is 0 Å². The maximum Gasteiger partial charge on any atom is 0.229 e. The van der Waals surface area contributed by atoms with Crippen molar-refractivity contribution in [2.45, 2.75) is 30.9 Å². The number of carbonyl (C=O) groups excluding carboxylic acids is 1. The van der Waals surface area contributed by atoms with Crippen LogP contribution in [0.3, 0.4) is 0 Å². The summed E-state index contributed by atoms with van der Waals surface area (Å²) in [6, 6.07) is 3.71. The van der Waals surface area contributed by atoms with Gasteiger partial charge in [-0.15, -0.1) is 0 Å². The second-order valence-electron chi connectivity index (χ2n) is 5.84. The number of pyridine rings is 1. The molecule has 1 unspecified atom stereocenters. The van der Waals surface area contributed by atoms with Gasteiger partial charge in [-0.1, -0.05) is 0 Å². The first-order valence-corrected chi connectivity index (χ1v) is 9.09. The molecule has 2 saturated heterocycles. The summed E-state index contributed by atoms with van der Waals surface area (Å²) >= 11 is 0. The van der Waals surface area contributed by atoms with Gasteiger partial charge in [0, 0.05) is 26.1 Å². The first kappa shape index (κ1) is 15.2. The van der Waals surface area contributed by atoms with Gasteiger partial charge in [0.15, 0.2) is 0 Å². The summed E-state index contributed by atoms with van der Waals surface area (Å²) in [5, 5.41) is 4.29. The van der Waals surface area contributed by atoms with Gasteiger partial charge in [-0.2, -0.15) is 0 Å². The van der Waals surface area contributed by atoms with Crippen molar-refractivity contribution < 1.29 is 13.2 Å². The Kier molecular flexibility index (Phi) is 4.05. The average Bonchev–Trinajstić information content (AvgIpc) is 2.90. The standard InChI is InChI=1S/C14H20N4O3S/c15-22(20,21)12-8-14(19)18(10-12)13-5-4-11(9-16-13)17-6-2-1-3-7-17/h4-5,9,12H,1-3,6-8,10H2,(H2,15,20,21). The van der Waals surface area contributed by atoms with Crippen molar-refractivity contribution in [3.8, 4) is 0 Å². The Bertz CT molecular complexity index is 653. The van der Waals surface area contributed by atoms with Gasteiger partial charge in [-0.25, -0.2) is 18.5 Å². The number of piperidine rings is 1. The number of sulfonamides is 1. The summed E-state index contributed by atoms with van der Waals surface area (Å²) in [5.41, 5.74) is 1.04. The second-order valence-corrected chi connectivity index (χ2v) is 7.69. The van der Waals surface area contributed by atoms with Crippen LogP contribution in [0.1, 0.15) is 25.7 Å². The molecule has 120 valence electrons. The van der Waals surface area contributed by atoms with Gasteiger partial charge in [0.2, 0.25) is 15.9 Å². The van der Waals surface area contributed by atoms with Crippen molar-refractivity contribution in [3.05, 3.63) is 18.3 Å². The molecule has 0 bridgehead atoms. The van der Waals surface area contributed by atoms with Crippen LogP contribution >= 0.6 is 0 Å². The third-order valence-corrected chi connectivity index (χ3v) is 5.53. The molecule has 2 fully saturated rings. The predicted molar refractivity (Wildman–Crippen MR) is 84.2 cm³/mol. The molecule has 1 atom stereocenters. The largest absolute Gasteiger partial charge is 0.370 e. The summed E-state index contributed by atoms with van der Waals surface area (Å²) < 4.78 is 22.8. The Morgan fingerprint density at radius 2 is 1.91 bits per heavy atom. The van der Waals surface area contributed by atoms with Crippen molar-refractivity contribution in [2.24, 2.45) is 5.14 Å². The second kappa shape index (κ2) is 5.85. The van der Waals surface area contributed by atoms with E-state index in [2.05, 4.69) is 9.88 Å². The third-order valence-electron chi connectivity index (χ3n) is 4.28. The van der Waals surface area contributed by atoms with E-state index in [-0.39, 0.29) is 18.9 Å². The molecule has 7 nitrogen and oxygen atoms in total. The number of hydrogen-bond donors (Lipinski definition) is 1. The monoisotopic (exact) mass is 324 g/mol. The zero-order chi connectivity index (χ0) is 15.7. The zero-order valence-corrected chi connectivity index (χ0v) is 13.1. The van der Waals surface area contributed by atoms with Crippen LogP contribution in [-0.4, -0.2) is 44.2 Å². The highest BCUT2D eigenvalue weighted by Gasteiger charge is 2.37. The lowest BCUT2D eigenvalue weighted by Crippen LogP contribution is -2.32. The minimum absolute atomic E-state index is 0.0750. The lowest BCUT2D eigenvalue weighted by molar-refractivity contribution is -0.117. The maximum absolute atomic E-state index is 12.0. The Balaban J connectivity index is 1.74. The van der Waals surface area contributed by atoms with Crippen molar-refractivity contribution in [1.82, 2.24) is 4.98 Å². The van der Waals surface area contributed by atoms with Crippen LogP contribution in [0.25, 0.3) is 0 Å². The lowest BCUT2D eigenvalue weighted by atomic mass is 10.1. The van der Waals surface area contributed by atoms with Gasteiger partial charge in [0.25, 0.3) is 0 Å². The smallest absolute Gasteiger partial charge is 0.229 e. The molecule has 1 aromatic rings. The highest BCUT2D eigenvalue weighted by molar-refractivity contribution is 7.89. The number of rotatable bonds is 3. The van der Waals surface area contributed by atoms with Crippen LogP contribution in [0.15, 0.2) is 18.3 Å². The lowest BCUT2D eigenvalue weighted by Gasteiger charge is -2.28. The average molecular weight is 324 g/mol. The highest BCUT2D eigenvalue weighted by atomic mass is 32.2. The Hall–Kier alpha value is -1.67. The molecule has 1 amide bonds. The number of anilines is 2. The van der Waals surface area contributed by atoms with Gasteiger partial charge in [0.05, 0.1) is 11.9 Å². The molecule has 0 aromatic carbocycles. The van der Waals surface area contributed by atoms with Crippen molar-refractivity contribution in [3.63, 3.8) is 0 Å².